The number of hydrogen-bond acceptors (Lipinski definition) is 4. The molecule has 0 unspecified atom stereocenters. The highest BCUT2D eigenvalue weighted by Crippen LogP contribution is 2.21. The highest BCUT2D eigenvalue weighted by Gasteiger charge is 2.29. The van der Waals surface area contributed by atoms with Crippen molar-refractivity contribution < 1.29 is 27.1 Å². The molecule has 1 aromatic rings. The number of carbonyl (C=O) groups is 1. The minimum atomic E-state index is -4.18. The molecule has 0 radical (unpaired) electrons. The number of halogens is 2. The molecule has 0 fully saturated rings. The third-order valence-electron chi connectivity index (χ3n) is 2.82. The minimum absolute atomic E-state index is 0.00573. The summed E-state index contributed by atoms with van der Waals surface area (Å²) in [5.74, 6) is -3.10. The van der Waals surface area contributed by atoms with Crippen molar-refractivity contribution in [3.05, 3.63) is 47.2 Å². The average Bonchev–Trinajstić information content (AvgIpc) is 2.43. The van der Waals surface area contributed by atoms with Gasteiger partial charge in [0, 0.05) is 12.6 Å². The highest BCUT2D eigenvalue weighted by atomic mass is 32.2. The first-order valence-electron chi connectivity index (χ1n) is 5.66. The van der Waals surface area contributed by atoms with Crippen molar-refractivity contribution in [3.8, 4) is 0 Å². The van der Waals surface area contributed by atoms with Gasteiger partial charge < -0.3 is 5.11 Å². The van der Waals surface area contributed by atoms with Crippen molar-refractivity contribution in [1.29, 1.82) is 0 Å². The van der Waals surface area contributed by atoms with Crippen LogP contribution in [0.25, 0.3) is 0 Å². The molecule has 1 aliphatic heterocycles. The van der Waals surface area contributed by atoms with E-state index in [1.54, 1.807) is 0 Å². The number of aliphatic hydroxyl groups excluding tert-OH is 1. The Morgan fingerprint density at radius 2 is 2.00 bits per heavy atom. The number of likely N-dealkylation sites (N-methyl/N-ethyl adjacent to an activating group) is 1. The zero-order chi connectivity index (χ0) is 15.8. The highest BCUT2D eigenvalue weighted by molar-refractivity contribution is 7.88. The van der Waals surface area contributed by atoms with E-state index >= 15 is 0 Å². The van der Waals surface area contributed by atoms with Gasteiger partial charge in [0.2, 0.25) is 5.78 Å². The van der Waals surface area contributed by atoms with Crippen LogP contribution < -0.4 is 0 Å². The molecule has 1 aliphatic rings. The van der Waals surface area contributed by atoms with Gasteiger partial charge in [-0.15, -0.1) is 4.40 Å². The van der Waals surface area contributed by atoms with E-state index in [0.717, 1.165) is 31.3 Å². The third kappa shape index (κ3) is 2.83. The van der Waals surface area contributed by atoms with Crippen LogP contribution in [-0.4, -0.2) is 43.0 Å². The van der Waals surface area contributed by atoms with Crippen molar-refractivity contribution >= 4 is 21.7 Å². The second-order valence-electron chi connectivity index (χ2n) is 4.16. The van der Waals surface area contributed by atoms with Crippen LogP contribution in [-0.2, 0) is 15.0 Å². The second kappa shape index (κ2) is 5.34. The summed E-state index contributed by atoms with van der Waals surface area (Å²) in [6.07, 6.45) is 1.09. The van der Waals surface area contributed by atoms with Crippen molar-refractivity contribution in [1.82, 2.24) is 4.31 Å². The van der Waals surface area contributed by atoms with Gasteiger partial charge in [-0.1, -0.05) is 0 Å². The van der Waals surface area contributed by atoms with Gasteiger partial charge in [0.1, 0.15) is 12.3 Å². The molecule has 1 aromatic carbocycles. The van der Waals surface area contributed by atoms with Crippen LogP contribution in [0.3, 0.4) is 0 Å². The normalized spacial score (nSPS) is 17.2. The first-order chi connectivity index (χ1) is 9.76. The molecular weight excluding hydrogens is 306 g/mol. The van der Waals surface area contributed by atoms with E-state index in [4.69, 9.17) is 5.11 Å². The summed E-state index contributed by atoms with van der Waals surface area (Å²) < 4.78 is 53.8. The molecule has 6 nitrogen and oxygen atoms in total. The number of aliphatic hydroxyl groups is 1. The molecule has 0 spiro atoms. The van der Waals surface area contributed by atoms with Crippen LogP contribution in [0, 0.1) is 11.6 Å². The number of hydrogen-bond donors (Lipinski definition) is 1. The van der Waals surface area contributed by atoms with Crippen molar-refractivity contribution in [2.45, 2.75) is 0 Å². The Hall–Kier alpha value is -2.13. The molecule has 1 N–H and O–H groups in total. The van der Waals surface area contributed by atoms with Gasteiger partial charge in [-0.05, 0) is 24.3 Å². The van der Waals surface area contributed by atoms with Crippen LogP contribution >= 0.6 is 0 Å². The predicted molar refractivity (Wildman–Crippen MR) is 69.8 cm³/mol. The first kappa shape index (κ1) is 15.3. The fourth-order valence-electron chi connectivity index (χ4n) is 1.69. The third-order valence-corrected chi connectivity index (χ3v) is 4.13. The fourth-order valence-corrected chi connectivity index (χ4v) is 2.62. The van der Waals surface area contributed by atoms with E-state index in [2.05, 4.69) is 4.40 Å². The van der Waals surface area contributed by atoms with Crippen LogP contribution in [0.15, 0.2) is 34.4 Å². The SMILES string of the molecule is CN1C(C(=O)CO)=CC(c2ccc(F)c(F)c2)=NS1(=O)=O. The summed E-state index contributed by atoms with van der Waals surface area (Å²) in [5.41, 5.74) is -0.537. The lowest BCUT2D eigenvalue weighted by atomic mass is 10.1. The Morgan fingerprint density at radius 1 is 1.33 bits per heavy atom. The van der Waals surface area contributed by atoms with Crippen molar-refractivity contribution in [2.75, 3.05) is 13.7 Å². The summed E-state index contributed by atoms with van der Waals surface area (Å²) in [7, 11) is -3.08. The van der Waals surface area contributed by atoms with E-state index in [1.807, 2.05) is 0 Å². The fraction of sp³-hybridized carbons (Fsp3) is 0.167. The molecule has 2 rings (SSSR count). The minimum Gasteiger partial charge on any atom is -0.388 e. The number of allylic oxidation sites excluding steroid dienone is 1. The Kier molecular flexibility index (Phi) is 3.88. The van der Waals surface area contributed by atoms with Crippen LogP contribution in [0.1, 0.15) is 5.56 Å². The maximum Gasteiger partial charge on any atom is 0.345 e. The topological polar surface area (TPSA) is 87.0 Å². The lowest BCUT2D eigenvalue weighted by Gasteiger charge is -2.22. The lowest BCUT2D eigenvalue weighted by Crippen LogP contribution is -2.34. The molecule has 112 valence electrons. The van der Waals surface area contributed by atoms with Crippen LogP contribution in [0.5, 0.6) is 0 Å². The molecule has 1 heterocycles. The van der Waals surface area contributed by atoms with Crippen LogP contribution in [0.2, 0.25) is 0 Å². The predicted octanol–water partition coefficient (Wildman–Crippen LogP) is 0.389. The van der Waals surface area contributed by atoms with E-state index in [9.17, 15) is 22.0 Å². The molecule has 0 bridgehead atoms. The number of nitrogens with zero attached hydrogens (tertiary/aromatic N) is 2. The monoisotopic (exact) mass is 316 g/mol. The van der Waals surface area contributed by atoms with Crippen LogP contribution in [0.4, 0.5) is 8.78 Å². The summed E-state index contributed by atoms with van der Waals surface area (Å²) in [4.78, 5) is 11.5. The molecular formula is C12H10F2N2O4S. The zero-order valence-electron chi connectivity index (χ0n) is 10.7. The van der Waals surface area contributed by atoms with Gasteiger partial charge in [-0.25, -0.2) is 8.78 Å². The Bertz CT molecular complexity index is 771. The second-order valence-corrected chi connectivity index (χ2v) is 5.79. The first-order valence-corrected chi connectivity index (χ1v) is 7.06. The summed E-state index contributed by atoms with van der Waals surface area (Å²) in [6.45, 7) is -0.892. The van der Waals surface area contributed by atoms with Crippen molar-refractivity contribution in [3.63, 3.8) is 0 Å². The maximum atomic E-state index is 13.2. The number of ketones is 1. The molecule has 9 heteroatoms. The smallest absolute Gasteiger partial charge is 0.345 e. The lowest BCUT2D eigenvalue weighted by molar-refractivity contribution is -0.119. The number of rotatable bonds is 3. The maximum absolute atomic E-state index is 13.2. The molecule has 21 heavy (non-hydrogen) atoms. The quantitative estimate of drug-likeness (QED) is 0.874. The van der Waals surface area contributed by atoms with Gasteiger partial charge in [0.25, 0.3) is 0 Å². The Balaban J connectivity index is 2.59. The van der Waals surface area contributed by atoms with Gasteiger partial charge in [0.05, 0.1) is 5.71 Å². The number of carbonyl (C=O) groups excluding carboxylic acids is 1. The van der Waals surface area contributed by atoms with E-state index < -0.39 is 34.2 Å². The largest absolute Gasteiger partial charge is 0.388 e. The number of Topliss-reactive ketones (excluding diaryl/α,β-unsaturated/α-hetero) is 1. The van der Waals surface area contributed by atoms with Gasteiger partial charge in [-0.3, -0.25) is 9.10 Å². The molecule has 0 aromatic heterocycles. The summed E-state index contributed by atoms with van der Waals surface area (Å²) in [5, 5.41) is 8.85. The Morgan fingerprint density at radius 3 is 2.57 bits per heavy atom. The van der Waals surface area contributed by atoms with E-state index in [1.165, 1.54) is 0 Å². The van der Waals surface area contributed by atoms with Gasteiger partial charge >= 0.3 is 10.2 Å². The van der Waals surface area contributed by atoms with E-state index in [-0.39, 0.29) is 17.0 Å². The molecule has 0 aliphatic carbocycles. The average molecular weight is 316 g/mol. The molecule has 0 saturated heterocycles. The molecule has 0 amide bonds. The van der Waals surface area contributed by atoms with Gasteiger partial charge in [0.15, 0.2) is 11.6 Å². The number of benzene rings is 1. The standard InChI is InChI=1S/C12H10F2N2O4S/c1-16-11(12(18)6-17)5-10(15-21(16,19)20)7-2-3-8(13)9(14)4-7/h2-5,17H,6H2,1H3. The Labute approximate surface area is 119 Å². The molecule has 0 atom stereocenters. The van der Waals surface area contributed by atoms with Gasteiger partial charge in [-0.2, -0.15) is 8.42 Å². The molecule has 0 saturated carbocycles. The van der Waals surface area contributed by atoms with Crippen molar-refractivity contribution in [2.24, 2.45) is 4.40 Å². The summed E-state index contributed by atoms with van der Waals surface area (Å²) in [6, 6.07) is 2.72. The van der Waals surface area contributed by atoms with E-state index in [0.29, 0.717) is 4.31 Å². The summed E-state index contributed by atoms with van der Waals surface area (Å²) >= 11 is 0. The zero-order valence-corrected chi connectivity index (χ0v) is 11.6.